The summed E-state index contributed by atoms with van der Waals surface area (Å²) in [4.78, 5) is 4.27. The number of aromatic nitrogens is 2. The zero-order valence-electron chi connectivity index (χ0n) is 10.7. The van der Waals surface area contributed by atoms with E-state index in [9.17, 15) is 0 Å². The Bertz CT molecular complexity index is 751. The summed E-state index contributed by atoms with van der Waals surface area (Å²) in [6.45, 7) is 0. The smallest absolute Gasteiger partial charge is 0.137 e. The fourth-order valence-corrected chi connectivity index (χ4v) is 2.17. The molecule has 0 amide bonds. The molecule has 1 aromatic heterocycles. The van der Waals surface area contributed by atoms with Crippen molar-refractivity contribution in [2.45, 2.75) is 0 Å². The van der Waals surface area contributed by atoms with E-state index in [0.717, 1.165) is 16.8 Å². The van der Waals surface area contributed by atoms with Crippen LogP contribution in [0.3, 0.4) is 0 Å². The van der Waals surface area contributed by atoms with Crippen molar-refractivity contribution in [2.24, 2.45) is 0 Å². The lowest BCUT2D eigenvalue weighted by Gasteiger charge is -2.11. The third kappa shape index (κ3) is 2.75. The summed E-state index contributed by atoms with van der Waals surface area (Å²) in [5.41, 5.74) is 6.25. The minimum Gasteiger partial charge on any atom is -0.293 e. The maximum atomic E-state index is 5.31. The lowest BCUT2D eigenvalue weighted by molar-refractivity contribution is 0.898. The van der Waals surface area contributed by atoms with E-state index in [1.807, 2.05) is 71.5 Å². The van der Waals surface area contributed by atoms with Crippen LogP contribution in [0, 0.1) is 4.64 Å². The first-order chi connectivity index (χ1) is 9.83. The lowest BCUT2D eigenvalue weighted by atomic mass is 10.1. The number of benzene rings is 2. The Balaban J connectivity index is 1.97. The average molecular weight is 279 g/mol. The van der Waals surface area contributed by atoms with Crippen LogP contribution in [0.1, 0.15) is 0 Å². The molecule has 0 spiro atoms. The molecule has 3 rings (SSSR count). The van der Waals surface area contributed by atoms with Crippen LogP contribution in [0.5, 0.6) is 0 Å². The van der Waals surface area contributed by atoms with Gasteiger partial charge in [0, 0.05) is 11.8 Å². The van der Waals surface area contributed by atoms with E-state index < -0.39 is 0 Å². The highest BCUT2D eigenvalue weighted by molar-refractivity contribution is 7.71. The van der Waals surface area contributed by atoms with Crippen molar-refractivity contribution in [3.8, 4) is 11.1 Å². The zero-order chi connectivity index (χ0) is 13.8. The SMILES string of the molecule is S=c1ncn(Nc2ccccc2)cc1-c1ccccc1. The molecule has 0 fully saturated rings. The number of nitrogens with one attached hydrogen (secondary N) is 1. The van der Waals surface area contributed by atoms with Gasteiger partial charge >= 0.3 is 0 Å². The first kappa shape index (κ1) is 12.6. The summed E-state index contributed by atoms with van der Waals surface area (Å²) in [6, 6.07) is 20.0. The Morgan fingerprint density at radius 3 is 2.25 bits per heavy atom. The molecule has 3 nitrogen and oxygen atoms in total. The molecule has 4 heteroatoms. The molecule has 0 aliphatic carbocycles. The molecule has 0 saturated heterocycles. The molecule has 98 valence electrons. The van der Waals surface area contributed by atoms with Crippen LogP contribution in [0.25, 0.3) is 11.1 Å². The van der Waals surface area contributed by atoms with Crippen molar-refractivity contribution < 1.29 is 0 Å². The van der Waals surface area contributed by atoms with Crippen LogP contribution in [0.15, 0.2) is 73.2 Å². The molecule has 0 aliphatic rings. The minimum atomic E-state index is 0.599. The molecular weight excluding hydrogens is 266 g/mol. The van der Waals surface area contributed by atoms with Gasteiger partial charge < -0.3 is 0 Å². The first-order valence-corrected chi connectivity index (χ1v) is 6.69. The predicted octanol–water partition coefficient (Wildman–Crippen LogP) is 4.15. The van der Waals surface area contributed by atoms with Crippen LogP contribution < -0.4 is 5.43 Å². The topological polar surface area (TPSA) is 29.9 Å². The summed E-state index contributed by atoms with van der Waals surface area (Å²) in [5.74, 6) is 0. The molecule has 0 atom stereocenters. The summed E-state index contributed by atoms with van der Waals surface area (Å²) in [5, 5.41) is 0. The molecule has 0 aliphatic heterocycles. The van der Waals surface area contributed by atoms with E-state index in [1.165, 1.54) is 0 Å². The minimum absolute atomic E-state index is 0.599. The second kappa shape index (κ2) is 5.67. The maximum absolute atomic E-state index is 5.31. The van der Waals surface area contributed by atoms with E-state index in [0.29, 0.717) is 4.64 Å². The van der Waals surface area contributed by atoms with Crippen molar-refractivity contribution in [2.75, 3.05) is 5.43 Å². The number of hydrogen-bond donors (Lipinski definition) is 1. The summed E-state index contributed by atoms with van der Waals surface area (Å²) >= 11 is 5.31. The Labute approximate surface area is 122 Å². The molecule has 1 N–H and O–H groups in total. The van der Waals surface area contributed by atoms with Gasteiger partial charge in [0.05, 0.1) is 5.69 Å². The van der Waals surface area contributed by atoms with Crippen LogP contribution in [-0.2, 0) is 0 Å². The molecule has 1 heterocycles. The molecule has 0 saturated carbocycles. The zero-order valence-corrected chi connectivity index (χ0v) is 11.5. The second-order valence-electron chi connectivity index (χ2n) is 4.34. The van der Waals surface area contributed by atoms with Gasteiger partial charge in [0.2, 0.25) is 0 Å². The van der Waals surface area contributed by atoms with E-state index in [-0.39, 0.29) is 0 Å². The normalized spacial score (nSPS) is 10.2. The monoisotopic (exact) mass is 279 g/mol. The van der Waals surface area contributed by atoms with Crippen LogP contribution in [0.4, 0.5) is 5.69 Å². The van der Waals surface area contributed by atoms with Gasteiger partial charge in [-0.3, -0.25) is 10.1 Å². The molecule has 20 heavy (non-hydrogen) atoms. The van der Waals surface area contributed by atoms with Gasteiger partial charge in [-0.25, -0.2) is 4.98 Å². The Hall–Kier alpha value is -2.46. The van der Waals surface area contributed by atoms with Crippen LogP contribution in [0.2, 0.25) is 0 Å². The standard InChI is InChI=1S/C16H13N3S/c20-16-15(13-7-3-1-4-8-13)11-19(12-17-16)18-14-9-5-2-6-10-14/h1-12,18H. The van der Waals surface area contributed by atoms with Gasteiger partial charge in [-0.15, -0.1) is 0 Å². The number of hydrogen-bond acceptors (Lipinski definition) is 3. The van der Waals surface area contributed by atoms with E-state index in [1.54, 1.807) is 6.33 Å². The fraction of sp³-hybridized carbons (Fsp3) is 0. The highest BCUT2D eigenvalue weighted by atomic mass is 32.1. The second-order valence-corrected chi connectivity index (χ2v) is 4.73. The average Bonchev–Trinajstić information content (AvgIpc) is 2.51. The number of nitrogens with zero attached hydrogens (tertiary/aromatic N) is 2. The first-order valence-electron chi connectivity index (χ1n) is 6.29. The van der Waals surface area contributed by atoms with Gasteiger partial charge in [-0.05, 0) is 17.7 Å². The number of rotatable bonds is 3. The largest absolute Gasteiger partial charge is 0.293 e. The Morgan fingerprint density at radius 2 is 1.55 bits per heavy atom. The van der Waals surface area contributed by atoms with Crippen molar-refractivity contribution >= 4 is 17.9 Å². The van der Waals surface area contributed by atoms with Gasteiger partial charge in [0.1, 0.15) is 11.0 Å². The Morgan fingerprint density at radius 1 is 0.900 bits per heavy atom. The fourth-order valence-electron chi connectivity index (χ4n) is 1.95. The van der Waals surface area contributed by atoms with Gasteiger partial charge in [0.15, 0.2) is 0 Å². The lowest BCUT2D eigenvalue weighted by Crippen LogP contribution is -2.10. The molecule has 0 radical (unpaired) electrons. The van der Waals surface area contributed by atoms with Gasteiger partial charge in [-0.2, -0.15) is 0 Å². The Kier molecular flexibility index (Phi) is 3.56. The number of anilines is 1. The van der Waals surface area contributed by atoms with Crippen LogP contribution in [-0.4, -0.2) is 9.66 Å². The van der Waals surface area contributed by atoms with Gasteiger partial charge in [-0.1, -0.05) is 60.7 Å². The molecule has 2 aromatic carbocycles. The predicted molar refractivity (Wildman–Crippen MR) is 84.0 cm³/mol. The van der Waals surface area contributed by atoms with E-state index in [4.69, 9.17) is 12.2 Å². The molecule has 0 unspecified atom stereocenters. The van der Waals surface area contributed by atoms with E-state index >= 15 is 0 Å². The van der Waals surface area contributed by atoms with Crippen molar-refractivity contribution in [1.82, 2.24) is 9.66 Å². The quantitative estimate of drug-likeness (QED) is 0.730. The van der Waals surface area contributed by atoms with Crippen molar-refractivity contribution in [3.05, 3.63) is 77.8 Å². The highest BCUT2D eigenvalue weighted by Gasteiger charge is 2.02. The van der Waals surface area contributed by atoms with Crippen molar-refractivity contribution in [1.29, 1.82) is 0 Å². The maximum Gasteiger partial charge on any atom is 0.137 e. The molecular formula is C16H13N3S. The van der Waals surface area contributed by atoms with Crippen molar-refractivity contribution in [3.63, 3.8) is 0 Å². The molecule has 0 bridgehead atoms. The summed E-state index contributed by atoms with van der Waals surface area (Å²) in [7, 11) is 0. The third-order valence-corrected chi connectivity index (χ3v) is 3.24. The summed E-state index contributed by atoms with van der Waals surface area (Å²) in [6.07, 6.45) is 3.64. The third-order valence-electron chi connectivity index (χ3n) is 2.91. The number of para-hydroxylation sites is 1. The van der Waals surface area contributed by atoms with E-state index in [2.05, 4.69) is 10.4 Å². The highest BCUT2D eigenvalue weighted by Crippen LogP contribution is 2.19. The van der Waals surface area contributed by atoms with Gasteiger partial charge in [0.25, 0.3) is 0 Å². The molecule has 3 aromatic rings. The summed E-state index contributed by atoms with van der Waals surface area (Å²) < 4.78 is 2.41. The van der Waals surface area contributed by atoms with Crippen LogP contribution >= 0.6 is 12.2 Å².